The molecule has 1 N–H and O–H groups in total. The Morgan fingerprint density at radius 2 is 1.86 bits per heavy atom. The van der Waals surface area contributed by atoms with Crippen molar-refractivity contribution in [2.75, 3.05) is 7.05 Å². The Morgan fingerprint density at radius 3 is 1.86 bits per heavy atom. The van der Waals surface area contributed by atoms with Gasteiger partial charge in [-0.3, -0.25) is 4.55 Å². The first kappa shape index (κ1) is 7.16. The molecule has 6 heteroatoms. The van der Waals surface area contributed by atoms with Gasteiger partial charge < -0.3 is 0 Å². The summed E-state index contributed by atoms with van der Waals surface area (Å²) in [4.78, 5) is 0. The largest absolute Gasteiger partial charge is 0.349 e. The van der Waals surface area contributed by atoms with E-state index in [1.807, 2.05) is 0 Å². The monoisotopic (exact) mass is 145 g/mol. The van der Waals surface area contributed by atoms with Crippen LogP contribution in [0.15, 0.2) is 0 Å². The highest BCUT2D eigenvalue weighted by Gasteiger charge is 2.07. The Balaban J connectivity index is 4.10. The van der Waals surface area contributed by atoms with Gasteiger partial charge in [-0.25, -0.2) is 0 Å². The normalized spacial score (nSPS) is 12.6. The topological polar surface area (TPSA) is 57.6 Å². The zero-order chi connectivity index (χ0) is 6.08. The molecule has 0 aromatic rings. The van der Waals surface area contributed by atoms with Crippen LogP contribution in [0, 0.1) is 0 Å². The molecule has 0 saturated heterocycles. The van der Waals surface area contributed by atoms with Crippen molar-refractivity contribution in [2.45, 2.75) is 0 Å². The Labute approximate surface area is 46.7 Å². The highest BCUT2D eigenvalue weighted by atomic mass is 35.5. The van der Waals surface area contributed by atoms with E-state index in [4.69, 9.17) is 16.3 Å². The van der Waals surface area contributed by atoms with Gasteiger partial charge >= 0.3 is 10.3 Å². The Morgan fingerprint density at radius 1 is 1.71 bits per heavy atom. The molecule has 0 aliphatic rings. The minimum atomic E-state index is -4.14. The number of rotatable bonds is 1. The van der Waals surface area contributed by atoms with E-state index in [0.29, 0.717) is 0 Å². The molecule has 0 rings (SSSR count). The van der Waals surface area contributed by atoms with Crippen molar-refractivity contribution in [3.8, 4) is 0 Å². The first-order valence-electron chi connectivity index (χ1n) is 1.31. The predicted molar refractivity (Wildman–Crippen MR) is 25.2 cm³/mol. The van der Waals surface area contributed by atoms with E-state index in [9.17, 15) is 8.42 Å². The Hall–Kier alpha value is 0.160. The van der Waals surface area contributed by atoms with Crippen LogP contribution < -0.4 is 0 Å². The van der Waals surface area contributed by atoms with Crippen molar-refractivity contribution in [3.63, 3.8) is 0 Å². The van der Waals surface area contributed by atoms with Gasteiger partial charge in [-0.05, 0) is 11.8 Å². The van der Waals surface area contributed by atoms with E-state index in [-0.39, 0.29) is 3.82 Å². The predicted octanol–water partition coefficient (Wildman–Crippen LogP) is -0.125. The number of nitrogens with zero attached hydrogens (tertiary/aromatic N) is 1. The van der Waals surface area contributed by atoms with Crippen molar-refractivity contribution in [1.29, 1.82) is 0 Å². The molecule has 0 unspecified atom stereocenters. The fourth-order valence-corrected chi connectivity index (χ4v) is 0. The number of hydrogen-bond donors (Lipinski definition) is 1. The molecule has 0 aromatic carbocycles. The van der Waals surface area contributed by atoms with Crippen LogP contribution >= 0.6 is 11.8 Å². The van der Waals surface area contributed by atoms with Gasteiger partial charge in [0.2, 0.25) is 0 Å². The maximum Gasteiger partial charge on any atom is 0.349 e. The molecule has 0 saturated carbocycles. The van der Waals surface area contributed by atoms with E-state index in [2.05, 4.69) is 0 Å². The average molecular weight is 146 g/mol. The molecule has 0 radical (unpaired) electrons. The molecule has 0 aliphatic heterocycles. The van der Waals surface area contributed by atoms with Crippen molar-refractivity contribution >= 4 is 22.1 Å². The van der Waals surface area contributed by atoms with E-state index >= 15 is 0 Å². The van der Waals surface area contributed by atoms with Crippen LogP contribution in [0.2, 0.25) is 0 Å². The molecule has 0 fully saturated rings. The average Bonchev–Trinajstić information content (AvgIpc) is 1.31. The molecule has 0 spiro atoms. The molecule has 0 heterocycles. The lowest BCUT2D eigenvalue weighted by Gasteiger charge is -1.96. The second-order valence-electron chi connectivity index (χ2n) is 0.868. The number of halogens is 1. The summed E-state index contributed by atoms with van der Waals surface area (Å²) < 4.78 is 27.4. The van der Waals surface area contributed by atoms with Gasteiger partial charge in [-0.2, -0.15) is 8.42 Å². The minimum Gasteiger partial charge on any atom is -0.272 e. The molecule has 0 aromatic heterocycles. The van der Waals surface area contributed by atoms with Gasteiger partial charge in [0.15, 0.2) is 0 Å². The molecule has 0 aliphatic carbocycles. The summed E-state index contributed by atoms with van der Waals surface area (Å²) >= 11 is 4.75. The van der Waals surface area contributed by atoms with Crippen molar-refractivity contribution in [3.05, 3.63) is 0 Å². The Kier molecular flexibility index (Phi) is 2.00. The lowest BCUT2D eigenvalue weighted by atomic mass is 11.6. The summed E-state index contributed by atoms with van der Waals surface area (Å²) in [6, 6.07) is 0. The van der Waals surface area contributed by atoms with E-state index in [1.54, 1.807) is 0 Å². The standard InChI is InChI=1S/CH4ClNO3S/c1-3(2)7(4,5)6/h1H3,(H,4,5,6). The van der Waals surface area contributed by atoms with Gasteiger partial charge in [0.05, 0.1) is 0 Å². The lowest BCUT2D eigenvalue weighted by molar-refractivity contribution is 0.446. The van der Waals surface area contributed by atoms with E-state index < -0.39 is 10.3 Å². The third-order valence-corrected chi connectivity index (χ3v) is 1.48. The van der Waals surface area contributed by atoms with Crippen LogP contribution in [0.25, 0.3) is 0 Å². The molecule has 7 heavy (non-hydrogen) atoms. The van der Waals surface area contributed by atoms with Gasteiger partial charge in [0.1, 0.15) is 0 Å². The maximum absolute atomic E-state index is 9.68. The molecule has 44 valence electrons. The quantitative estimate of drug-likeness (QED) is 0.413. The minimum absolute atomic E-state index is 0.188. The second-order valence-corrected chi connectivity index (χ2v) is 3.02. The Bertz CT molecular complexity index is 137. The van der Waals surface area contributed by atoms with Gasteiger partial charge in [0.25, 0.3) is 0 Å². The second kappa shape index (κ2) is 1.95. The van der Waals surface area contributed by atoms with E-state index in [1.165, 1.54) is 0 Å². The first-order valence-corrected chi connectivity index (χ1v) is 3.05. The van der Waals surface area contributed by atoms with E-state index in [0.717, 1.165) is 7.05 Å². The highest BCUT2D eigenvalue weighted by Crippen LogP contribution is 1.93. The fraction of sp³-hybridized carbons (Fsp3) is 1.00. The van der Waals surface area contributed by atoms with Crippen LogP contribution in [0.1, 0.15) is 0 Å². The SMILES string of the molecule is CN(Cl)S(=O)(=O)O. The third-order valence-electron chi connectivity index (χ3n) is 0.318. The fourth-order valence-electron chi connectivity index (χ4n) is 0. The van der Waals surface area contributed by atoms with Crippen molar-refractivity contribution in [1.82, 2.24) is 3.82 Å². The summed E-state index contributed by atoms with van der Waals surface area (Å²) in [6.07, 6.45) is 0. The zero-order valence-corrected chi connectivity index (χ0v) is 5.07. The summed E-state index contributed by atoms with van der Waals surface area (Å²) in [5.74, 6) is 0. The van der Waals surface area contributed by atoms with Crippen LogP contribution in [-0.2, 0) is 10.3 Å². The van der Waals surface area contributed by atoms with Gasteiger partial charge in [0, 0.05) is 7.05 Å². The van der Waals surface area contributed by atoms with Crippen LogP contribution in [-0.4, -0.2) is 23.8 Å². The van der Waals surface area contributed by atoms with Crippen molar-refractivity contribution < 1.29 is 13.0 Å². The summed E-state index contributed by atoms with van der Waals surface area (Å²) in [6.45, 7) is 0. The molecule has 0 atom stereocenters. The van der Waals surface area contributed by atoms with Gasteiger partial charge in [-0.1, -0.05) is 3.82 Å². The molecule has 0 amide bonds. The van der Waals surface area contributed by atoms with Crippen LogP contribution in [0.3, 0.4) is 0 Å². The summed E-state index contributed by atoms with van der Waals surface area (Å²) in [5.41, 5.74) is 0. The first-order chi connectivity index (χ1) is 2.94. The molecular formula is CH4ClNO3S. The summed E-state index contributed by atoms with van der Waals surface area (Å²) in [5, 5.41) is 0. The van der Waals surface area contributed by atoms with Crippen molar-refractivity contribution in [2.24, 2.45) is 0 Å². The third kappa shape index (κ3) is 2.81. The van der Waals surface area contributed by atoms with Crippen LogP contribution in [0.5, 0.6) is 0 Å². The summed E-state index contributed by atoms with van der Waals surface area (Å²) in [7, 11) is -3.13. The van der Waals surface area contributed by atoms with Crippen LogP contribution in [0.4, 0.5) is 0 Å². The maximum atomic E-state index is 9.68. The lowest BCUT2D eigenvalue weighted by Crippen LogP contribution is -2.14. The zero-order valence-electron chi connectivity index (χ0n) is 3.50. The molecule has 4 nitrogen and oxygen atoms in total. The number of hydrogen-bond acceptors (Lipinski definition) is 2. The molecule has 0 bridgehead atoms. The smallest absolute Gasteiger partial charge is 0.272 e. The molecular weight excluding hydrogens is 142 g/mol. The highest BCUT2D eigenvalue weighted by molar-refractivity contribution is 7.84. The van der Waals surface area contributed by atoms with Gasteiger partial charge in [-0.15, -0.1) is 0 Å².